The molecule has 0 spiro atoms. The Hall–Kier alpha value is -0.610. The zero-order chi connectivity index (χ0) is 9.68. The van der Waals surface area contributed by atoms with Crippen LogP contribution in [0.4, 0.5) is 0 Å². The Balaban J connectivity index is 2.13. The second-order valence-corrected chi connectivity index (χ2v) is 3.68. The summed E-state index contributed by atoms with van der Waals surface area (Å²) in [6.07, 6.45) is 1.18. The molecule has 1 amide bonds. The molecule has 1 aliphatic rings. The van der Waals surface area contributed by atoms with Gasteiger partial charge in [0.15, 0.2) is 0 Å². The summed E-state index contributed by atoms with van der Waals surface area (Å²) in [5.41, 5.74) is 5.46. The predicted molar refractivity (Wildman–Crippen MR) is 52.3 cm³/mol. The van der Waals surface area contributed by atoms with Crippen molar-refractivity contribution in [2.24, 2.45) is 11.7 Å². The summed E-state index contributed by atoms with van der Waals surface area (Å²) < 4.78 is 0. The van der Waals surface area contributed by atoms with Gasteiger partial charge in [0.2, 0.25) is 5.91 Å². The van der Waals surface area contributed by atoms with Gasteiger partial charge in [-0.1, -0.05) is 0 Å². The lowest BCUT2D eigenvalue weighted by Gasteiger charge is -2.14. The summed E-state index contributed by atoms with van der Waals surface area (Å²) in [6, 6.07) is 0. The zero-order valence-corrected chi connectivity index (χ0v) is 8.25. The fourth-order valence-electron chi connectivity index (χ4n) is 1.75. The molecule has 0 aromatic heterocycles. The molecule has 1 atom stereocenters. The summed E-state index contributed by atoms with van der Waals surface area (Å²) in [6.45, 7) is 6.30. The first-order valence-electron chi connectivity index (χ1n) is 4.89. The highest BCUT2D eigenvalue weighted by atomic mass is 16.1. The van der Waals surface area contributed by atoms with Crippen molar-refractivity contribution in [3.8, 4) is 0 Å². The van der Waals surface area contributed by atoms with Crippen LogP contribution in [0, 0.1) is 5.92 Å². The van der Waals surface area contributed by atoms with Gasteiger partial charge in [-0.3, -0.25) is 4.79 Å². The lowest BCUT2D eigenvalue weighted by Crippen LogP contribution is -2.31. The first kappa shape index (κ1) is 10.5. The number of carbonyl (C=O) groups excluding carboxylic acids is 1. The van der Waals surface area contributed by atoms with Gasteiger partial charge in [-0.15, -0.1) is 0 Å². The average molecular weight is 185 g/mol. The standard InChI is InChI=1S/C9H19N3O/c1-8(13)11-6-9-2-4-12(7-9)5-3-10/h9H,2-7,10H2,1H3,(H,11,13). The molecule has 1 saturated heterocycles. The molecule has 0 aliphatic carbocycles. The average Bonchev–Trinajstić information content (AvgIpc) is 2.50. The predicted octanol–water partition coefficient (Wildman–Crippen LogP) is -0.597. The highest BCUT2D eigenvalue weighted by molar-refractivity contribution is 5.72. The van der Waals surface area contributed by atoms with E-state index in [0.717, 1.165) is 32.7 Å². The van der Waals surface area contributed by atoms with Crippen LogP contribution in [-0.4, -0.2) is 43.5 Å². The van der Waals surface area contributed by atoms with Gasteiger partial charge >= 0.3 is 0 Å². The Morgan fingerprint density at radius 1 is 1.69 bits per heavy atom. The van der Waals surface area contributed by atoms with Crippen LogP contribution < -0.4 is 11.1 Å². The SMILES string of the molecule is CC(=O)NCC1CCN(CCN)C1. The molecule has 0 aromatic carbocycles. The number of nitrogens with one attached hydrogen (secondary N) is 1. The fraction of sp³-hybridized carbons (Fsp3) is 0.889. The van der Waals surface area contributed by atoms with Crippen molar-refractivity contribution < 1.29 is 4.79 Å². The number of hydrogen-bond donors (Lipinski definition) is 2. The van der Waals surface area contributed by atoms with E-state index in [2.05, 4.69) is 10.2 Å². The van der Waals surface area contributed by atoms with Crippen LogP contribution in [0.3, 0.4) is 0 Å². The van der Waals surface area contributed by atoms with Crippen molar-refractivity contribution in [2.75, 3.05) is 32.7 Å². The minimum Gasteiger partial charge on any atom is -0.356 e. The highest BCUT2D eigenvalue weighted by Gasteiger charge is 2.21. The van der Waals surface area contributed by atoms with E-state index in [9.17, 15) is 4.79 Å². The second kappa shape index (κ2) is 5.19. The van der Waals surface area contributed by atoms with Crippen LogP contribution in [0.25, 0.3) is 0 Å². The Kier molecular flexibility index (Phi) is 4.18. The number of nitrogens with zero attached hydrogens (tertiary/aromatic N) is 1. The Labute approximate surface area is 79.5 Å². The fourth-order valence-corrected chi connectivity index (χ4v) is 1.75. The van der Waals surface area contributed by atoms with Crippen molar-refractivity contribution >= 4 is 5.91 Å². The molecule has 0 radical (unpaired) electrons. The molecule has 0 aromatic rings. The molecule has 4 heteroatoms. The van der Waals surface area contributed by atoms with Crippen molar-refractivity contribution in [1.29, 1.82) is 0 Å². The largest absolute Gasteiger partial charge is 0.356 e. The molecule has 1 rings (SSSR count). The van der Waals surface area contributed by atoms with E-state index in [-0.39, 0.29) is 5.91 Å². The van der Waals surface area contributed by atoms with Gasteiger partial charge in [0.25, 0.3) is 0 Å². The van der Waals surface area contributed by atoms with Gasteiger partial charge in [0.1, 0.15) is 0 Å². The molecule has 4 nitrogen and oxygen atoms in total. The second-order valence-electron chi connectivity index (χ2n) is 3.68. The topological polar surface area (TPSA) is 58.4 Å². The number of rotatable bonds is 4. The molecule has 76 valence electrons. The summed E-state index contributed by atoms with van der Waals surface area (Å²) in [4.78, 5) is 13.0. The van der Waals surface area contributed by atoms with E-state index < -0.39 is 0 Å². The summed E-state index contributed by atoms with van der Waals surface area (Å²) in [5, 5.41) is 2.85. The van der Waals surface area contributed by atoms with Gasteiger partial charge in [-0.2, -0.15) is 0 Å². The molecule has 1 heterocycles. The first-order valence-corrected chi connectivity index (χ1v) is 4.89. The van der Waals surface area contributed by atoms with Crippen molar-refractivity contribution in [1.82, 2.24) is 10.2 Å². The van der Waals surface area contributed by atoms with Gasteiger partial charge in [-0.25, -0.2) is 0 Å². The third-order valence-corrected chi connectivity index (χ3v) is 2.45. The number of amides is 1. The quantitative estimate of drug-likeness (QED) is 0.615. The van der Waals surface area contributed by atoms with Crippen molar-refractivity contribution in [3.63, 3.8) is 0 Å². The summed E-state index contributed by atoms with van der Waals surface area (Å²) in [7, 11) is 0. The maximum absolute atomic E-state index is 10.7. The molecule has 1 aliphatic heterocycles. The minimum atomic E-state index is 0.0669. The first-order chi connectivity index (χ1) is 6.22. The Morgan fingerprint density at radius 3 is 3.08 bits per heavy atom. The molecule has 0 bridgehead atoms. The number of carbonyl (C=O) groups is 1. The molecular weight excluding hydrogens is 166 g/mol. The number of hydrogen-bond acceptors (Lipinski definition) is 3. The van der Waals surface area contributed by atoms with Crippen LogP contribution in [0.15, 0.2) is 0 Å². The number of nitrogens with two attached hydrogens (primary N) is 1. The van der Waals surface area contributed by atoms with Crippen molar-refractivity contribution in [2.45, 2.75) is 13.3 Å². The monoisotopic (exact) mass is 185 g/mol. The van der Waals surface area contributed by atoms with Crippen LogP contribution >= 0.6 is 0 Å². The third kappa shape index (κ3) is 3.74. The van der Waals surface area contributed by atoms with Crippen LogP contribution in [0.5, 0.6) is 0 Å². The van der Waals surface area contributed by atoms with E-state index in [1.165, 1.54) is 6.42 Å². The molecule has 1 unspecified atom stereocenters. The van der Waals surface area contributed by atoms with E-state index in [4.69, 9.17) is 5.73 Å². The number of likely N-dealkylation sites (tertiary alicyclic amines) is 1. The van der Waals surface area contributed by atoms with Gasteiger partial charge in [0, 0.05) is 33.1 Å². The van der Waals surface area contributed by atoms with Crippen LogP contribution in [-0.2, 0) is 4.79 Å². The molecule has 0 saturated carbocycles. The van der Waals surface area contributed by atoms with Crippen molar-refractivity contribution in [3.05, 3.63) is 0 Å². The lowest BCUT2D eigenvalue weighted by molar-refractivity contribution is -0.119. The Morgan fingerprint density at radius 2 is 2.46 bits per heavy atom. The highest BCUT2D eigenvalue weighted by Crippen LogP contribution is 2.14. The van der Waals surface area contributed by atoms with Crippen LogP contribution in [0.1, 0.15) is 13.3 Å². The summed E-state index contributed by atoms with van der Waals surface area (Å²) in [5.74, 6) is 0.688. The summed E-state index contributed by atoms with van der Waals surface area (Å²) >= 11 is 0. The lowest BCUT2D eigenvalue weighted by atomic mass is 10.1. The molecule has 1 fully saturated rings. The Bertz CT molecular complexity index is 172. The third-order valence-electron chi connectivity index (χ3n) is 2.45. The molecular formula is C9H19N3O. The maximum atomic E-state index is 10.7. The molecule has 13 heavy (non-hydrogen) atoms. The van der Waals surface area contributed by atoms with E-state index in [1.807, 2.05) is 0 Å². The van der Waals surface area contributed by atoms with E-state index >= 15 is 0 Å². The van der Waals surface area contributed by atoms with Gasteiger partial charge in [0.05, 0.1) is 0 Å². The normalized spacial score (nSPS) is 23.4. The van der Waals surface area contributed by atoms with E-state index in [1.54, 1.807) is 6.92 Å². The van der Waals surface area contributed by atoms with Crippen LogP contribution in [0.2, 0.25) is 0 Å². The van der Waals surface area contributed by atoms with Gasteiger partial charge < -0.3 is 16.0 Å². The minimum absolute atomic E-state index is 0.0669. The molecule has 3 N–H and O–H groups in total. The van der Waals surface area contributed by atoms with E-state index in [0.29, 0.717) is 5.92 Å². The zero-order valence-electron chi connectivity index (χ0n) is 8.25. The van der Waals surface area contributed by atoms with Gasteiger partial charge in [-0.05, 0) is 18.9 Å². The maximum Gasteiger partial charge on any atom is 0.216 e. The smallest absolute Gasteiger partial charge is 0.216 e.